The zero-order chi connectivity index (χ0) is 18.6. The second kappa shape index (κ2) is 7.43. The molecule has 27 heavy (non-hydrogen) atoms. The summed E-state index contributed by atoms with van der Waals surface area (Å²) in [5.74, 6) is 0.802. The maximum Gasteiger partial charge on any atom is 0.255 e. The zero-order valence-electron chi connectivity index (χ0n) is 14.1. The van der Waals surface area contributed by atoms with Gasteiger partial charge in [0.05, 0.1) is 17.2 Å². The van der Waals surface area contributed by atoms with Crippen molar-refractivity contribution < 1.29 is 9.53 Å². The van der Waals surface area contributed by atoms with Gasteiger partial charge in [0.25, 0.3) is 5.91 Å². The van der Waals surface area contributed by atoms with Crippen LogP contribution in [0.15, 0.2) is 79.0 Å². The number of halogens is 1. The first kappa shape index (κ1) is 17.0. The molecule has 0 aliphatic heterocycles. The average Bonchev–Trinajstić information content (AvgIpc) is 2.70. The Kier molecular flexibility index (Phi) is 4.68. The lowest BCUT2D eigenvalue weighted by Gasteiger charge is -2.08. The molecule has 4 rings (SSSR count). The molecule has 5 nitrogen and oxygen atoms in total. The number of fused-ring (bicyclic) bond motifs is 1. The Bertz CT molecular complexity index is 1100. The predicted molar refractivity (Wildman–Crippen MR) is 105 cm³/mol. The maximum absolute atomic E-state index is 12.2. The molecule has 0 bridgehead atoms. The van der Waals surface area contributed by atoms with Gasteiger partial charge in [-0.2, -0.15) is 0 Å². The zero-order valence-corrected chi connectivity index (χ0v) is 14.9. The van der Waals surface area contributed by atoms with Crippen LogP contribution in [0, 0.1) is 0 Å². The van der Waals surface area contributed by atoms with Gasteiger partial charge in [-0.1, -0.05) is 23.7 Å². The third-order valence-electron chi connectivity index (χ3n) is 3.87. The van der Waals surface area contributed by atoms with Gasteiger partial charge in [0.2, 0.25) is 5.88 Å². The monoisotopic (exact) mass is 375 g/mol. The summed E-state index contributed by atoms with van der Waals surface area (Å²) in [7, 11) is 0. The maximum atomic E-state index is 12.2. The van der Waals surface area contributed by atoms with Gasteiger partial charge < -0.3 is 10.1 Å². The number of benzene rings is 3. The molecule has 3 aromatic carbocycles. The molecule has 0 spiro atoms. The minimum absolute atomic E-state index is 0.208. The van der Waals surface area contributed by atoms with E-state index in [2.05, 4.69) is 15.3 Å². The molecule has 0 atom stereocenters. The van der Waals surface area contributed by atoms with E-state index in [-0.39, 0.29) is 5.91 Å². The number of nitrogens with one attached hydrogen (secondary N) is 1. The van der Waals surface area contributed by atoms with Crippen LogP contribution in [0.25, 0.3) is 11.0 Å². The quantitative estimate of drug-likeness (QED) is 0.523. The highest BCUT2D eigenvalue weighted by Crippen LogP contribution is 2.23. The first-order valence-corrected chi connectivity index (χ1v) is 8.62. The molecule has 0 saturated carbocycles. The van der Waals surface area contributed by atoms with Crippen LogP contribution in [-0.2, 0) is 0 Å². The molecule has 4 aromatic rings. The van der Waals surface area contributed by atoms with E-state index in [4.69, 9.17) is 16.3 Å². The third-order valence-corrected chi connectivity index (χ3v) is 4.12. The third kappa shape index (κ3) is 4.04. The summed E-state index contributed by atoms with van der Waals surface area (Å²) in [5.41, 5.74) is 2.77. The Morgan fingerprint density at radius 2 is 1.59 bits per heavy atom. The smallest absolute Gasteiger partial charge is 0.255 e. The number of aromatic nitrogens is 2. The number of rotatable bonds is 4. The van der Waals surface area contributed by atoms with Crippen LogP contribution in [0.3, 0.4) is 0 Å². The van der Waals surface area contributed by atoms with Crippen molar-refractivity contribution in [3.05, 3.63) is 89.6 Å². The molecule has 0 aliphatic rings. The fourth-order valence-corrected chi connectivity index (χ4v) is 2.65. The van der Waals surface area contributed by atoms with E-state index in [1.165, 1.54) is 0 Å². The second-order valence-electron chi connectivity index (χ2n) is 5.78. The number of hydrogen-bond donors (Lipinski definition) is 1. The number of hydrogen-bond acceptors (Lipinski definition) is 4. The molecule has 1 amide bonds. The van der Waals surface area contributed by atoms with Crippen LogP contribution in [0.5, 0.6) is 11.6 Å². The van der Waals surface area contributed by atoms with Gasteiger partial charge in [-0.25, -0.2) is 9.97 Å². The molecule has 0 saturated heterocycles. The molecule has 0 radical (unpaired) electrons. The number of anilines is 1. The van der Waals surface area contributed by atoms with Crippen LogP contribution >= 0.6 is 11.6 Å². The summed E-state index contributed by atoms with van der Waals surface area (Å²) in [6.45, 7) is 0. The van der Waals surface area contributed by atoms with Crippen LogP contribution < -0.4 is 10.1 Å². The topological polar surface area (TPSA) is 64.1 Å². The molecule has 132 valence electrons. The molecule has 1 N–H and O–H groups in total. The molecular weight excluding hydrogens is 362 g/mol. The van der Waals surface area contributed by atoms with Gasteiger partial charge in [-0.05, 0) is 60.7 Å². The van der Waals surface area contributed by atoms with Crippen molar-refractivity contribution in [1.29, 1.82) is 0 Å². The number of ether oxygens (including phenoxy) is 1. The van der Waals surface area contributed by atoms with Crippen molar-refractivity contribution in [3.8, 4) is 11.6 Å². The minimum atomic E-state index is -0.208. The number of para-hydroxylation sites is 2. The number of nitrogens with zero attached hydrogens (tertiary/aromatic N) is 2. The van der Waals surface area contributed by atoms with Crippen molar-refractivity contribution in [3.63, 3.8) is 0 Å². The van der Waals surface area contributed by atoms with E-state index < -0.39 is 0 Å². The SMILES string of the molecule is O=C(Nc1ccc(Oc2cnc3ccccc3n2)cc1)c1ccc(Cl)cc1. The summed E-state index contributed by atoms with van der Waals surface area (Å²) >= 11 is 5.84. The molecule has 1 heterocycles. The lowest BCUT2D eigenvalue weighted by atomic mass is 10.2. The van der Waals surface area contributed by atoms with Crippen LogP contribution in [0.4, 0.5) is 5.69 Å². The second-order valence-corrected chi connectivity index (χ2v) is 6.22. The molecule has 1 aromatic heterocycles. The Hall–Kier alpha value is -3.44. The molecule has 6 heteroatoms. The largest absolute Gasteiger partial charge is 0.437 e. The normalized spacial score (nSPS) is 10.6. The minimum Gasteiger partial charge on any atom is -0.437 e. The van der Waals surface area contributed by atoms with Crippen LogP contribution in [0.1, 0.15) is 10.4 Å². The molecule has 0 aliphatic carbocycles. The van der Waals surface area contributed by atoms with Gasteiger partial charge >= 0.3 is 0 Å². The number of amides is 1. The Labute approximate surface area is 160 Å². The van der Waals surface area contributed by atoms with Gasteiger partial charge in [-0.15, -0.1) is 0 Å². The standard InChI is InChI=1S/C21H14ClN3O2/c22-15-7-5-14(6-8-15)21(26)24-16-9-11-17(12-10-16)27-20-13-23-18-3-1-2-4-19(18)25-20/h1-13H,(H,24,26). The van der Waals surface area contributed by atoms with Crippen molar-refractivity contribution in [1.82, 2.24) is 9.97 Å². The highest BCUT2D eigenvalue weighted by atomic mass is 35.5. The Morgan fingerprint density at radius 1 is 0.889 bits per heavy atom. The van der Waals surface area contributed by atoms with Gasteiger partial charge in [-0.3, -0.25) is 4.79 Å². The predicted octanol–water partition coefficient (Wildman–Crippen LogP) is 5.33. The van der Waals surface area contributed by atoms with Crippen molar-refractivity contribution in [2.75, 3.05) is 5.32 Å². The molecular formula is C21H14ClN3O2. The van der Waals surface area contributed by atoms with E-state index in [9.17, 15) is 4.79 Å². The summed E-state index contributed by atoms with van der Waals surface area (Å²) < 4.78 is 5.74. The van der Waals surface area contributed by atoms with E-state index in [0.717, 1.165) is 11.0 Å². The van der Waals surface area contributed by atoms with Crippen molar-refractivity contribution in [2.45, 2.75) is 0 Å². The van der Waals surface area contributed by atoms with E-state index in [1.54, 1.807) is 54.7 Å². The van der Waals surface area contributed by atoms with E-state index in [1.807, 2.05) is 24.3 Å². The first-order valence-electron chi connectivity index (χ1n) is 8.24. The number of carbonyl (C=O) groups is 1. The molecule has 0 fully saturated rings. The van der Waals surface area contributed by atoms with Gasteiger partial charge in [0.1, 0.15) is 5.75 Å². The lowest BCUT2D eigenvalue weighted by Crippen LogP contribution is -2.11. The average molecular weight is 376 g/mol. The van der Waals surface area contributed by atoms with E-state index in [0.29, 0.717) is 27.9 Å². The fourth-order valence-electron chi connectivity index (χ4n) is 2.52. The highest BCUT2D eigenvalue weighted by molar-refractivity contribution is 6.30. The van der Waals surface area contributed by atoms with Crippen LogP contribution in [-0.4, -0.2) is 15.9 Å². The van der Waals surface area contributed by atoms with Crippen molar-refractivity contribution >= 4 is 34.2 Å². The highest BCUT2D eigenvalue weighted by Gasteiger charge is 2.07. The lowest BCUT2D eigenvalue weighted by molar-refractivity contribution is 0.102. The number of carbonyl (C=O) groups excluding carboxylic acids is 1. The summed E-state index contributed by atoms with van der Waals surface area (Å²) in [5, 5.41) is 3.42. The summed E-state index contributed by atoms with van der Waals surface area (Å²) in [6.07, 6.45) is 1.58. The van der Waals surface area contributed by atoms with Crippen LogP contribution in [0.2, 0.25) is 5.02 Å². The first-order chi connectivity index (χ1) is 13.2. The Morgan fingerprint density at radius 3 is 2.33 bits per heavy atom. The van der Waals surface area contributed by atoms with E-state index >= 15 is 0 Å². The van der Waals surface area contributed by atoms with Crippen molar-refractivity contribution in [2.24, 2.45) is 0 Å². The van der Waals surface area contributed by atoms with Gasteiger partial charge in [0.15, 0.2) is 0 Å². The molecule has 0 unspecified atom stereocenters. The van der Waals surface area contributed by atoms with Gasteiger partial charge in [0, 0.05) is 16.3 Å². The Balaban J connectivity index is 1.45. The summed E-state index contributed by atoms with van der Waals surface area (Å²) in [6, 6.07) is 21.3. The summed E-state index contributed by atoms with van der Waals surface area (Å²) in [4.78, 5) is 21.0. The fraction of sp³-hybridized carbons (Fsp3) is 0.